The van der Waals surface area contributed by atoms with Gasteiger partial charge in [0.05, 0.1) is 12.9 Å². The lowest BCUT2D eigenvalue weighted by molar-refractivity contribution is -0.116. The van der Waals surface area contributed by atoms with E-state index >= 15 is 0 Å². The Hall–Kier alpha value is -2.67. The minimum Gasteiger partial charge on any atom is -0.487 e. The van der Waals surface area contributed by atoms with Crippen molar-refractivity contribution in [2.75, 3.05) is 17.7 Å². The van der Waals surface area contributed by atoms with E-state index < -0.39 is 0 Å². The molecule has 0 spiro atoms. The van der Waals surface area contributed by atoms with E-state index in [0.29, 0.717) is 30.0 Å². The molecule has 2 heterocycles. The van der Waals surface area contributed by atoms with E-state index in [1.54, 1.807) is 47.7 Å². The number of hydrogen-bond acceptors (Lipinski definition) is 5. The predicted octanol–water partition coefficient (Wildman–Crippen LogP) is 3.18. The fraction of sp³-hybridized carbons (Fsp3) is 0.263. The fourth-order valence-corrected chi connectivity index (χ4v) is 3.10. The molecule has 7 heteroatoms. The van der Waals surface area contributed by atoms with Crippen LogP contribution in [0.2, 0.25) is 0 Å². The first-order valence-electron chi connectivity index (χ1n) is 8.31. The van der Waals surface area contributed by atoms with Crippen LogP contribution >= 0.6 is 11.8 Å². The Morgan fingerprint density at radius 1 is 1.19 bits per heavy atom. The topological polar surface area (TPSA) is 80.6 Å². The molecular formula is C19H20N2O4S. The fourth-order valence-electron chi connectivity index (χ4n) is 2.47. The molecule has 1 aromatic carbocycles. The molecule has 1 aromatic heterocycles. The van der Waals surface area contributed by atoms with Crippen molar-refractivity contribution in [3.8, 4) is 0 Å². The molecule has 0 bridgehead atoms. The van der Waals surface area contributed by atoms with Crippen molar-refractivity contribution in [1.82, 2.24) is 5.32 Å². The number of nitrogens with one attached hydrogen (secondary N) is 2. The summed E-state index contributed by atoms with van der Waals surface area (Å²) in [6.07, 6.45) is 2.24. The first-order chi connectivity index (χ1) is 12.6. The van der Waals surface area contributed by atoms with Gasteiger partial charge in [-0.3, -0.25) is 9.59 Å². The number of ether oxygens (including phenoxy) is 1. The largest absolute Gasteiger partial charge is 0.487 e. The Morgan fingerprint density at radius 2 is 2.00 bits per heavy atom. The molecule has 0 radical (unpaired) electrons. The molecule has 1 aliphatic heterocycles. The van der Waals surface area contributed by atoms with Crippen molar-refractivity contribution in [3.63, 3.8) is 0 Å². The number of anilines is 1. The highest BCUT2D eigenvalue weighted by atomic mass is 32.2. The number of rotatable bonds is 6. The summed E-state index contributed by atoms with van der Waals surface area (Å²) >= 11 is 1.55. The van der Waals surface area contributed by atoms with E-state index in [1.807, 2.05) is 19.1 Å². The molecule has 136 valence electrons. The van der Waals surface area contributed by atoms with E-state index in [0.717, 1.165) is 11.5 Å². The van der Waals surface area contributed by atoms with Crippen molar-refractivity contribution in [2.24, 2.45) is 0 Å². The zero-order valence-electron chi connectivity index (χ0n) is 14.4. The van der Waals surface area contributed by atoms with E-state index in [1.165, 1.54) is 0 Å². The molecule has 2 N–H and O–H groups in total. The average Bonchev–Trinajstić information content (AvgIpc) is 3.15. The van der Waals surface area contributed by atoms with Crippen LogP contribution in [0.5, 0.6) is 0 Å². The standard InChI is InChI=1S/C19H20N2O4S/c1-13(11-16-3-2-8-24-16)20-18(22)14-4-6-15(7-5-14)21-19(23)17-12-26-10-9-25-17/h2-8,12-13H,9-11H2,1H3,(H,20,22)(H,21,23). The van der Waals surface area contributed by atoms with Gasteiger partial charge in [0.2, 0.25) is 0 Å². The number of benzene rings is 1. The second kappa shape index (κ2) is 8.62. The quantitative estimate of drug-likeness (QED) is 0.814. The summed E-state index contributed by atoms with van der Waals surface area (Å²) in [5.41, 5.74) is 1.13. The first kappa shape index (κ1) is 18.1. The van der Waals surface area contributed by atoms with E-state index in [-0.39, 0.29) is 17.9 Å². The van der Waals surface area contributed by atoms with Gasteiger partial charge in [0.25, 0.3) is 11.8 Å². The third-order valence-corrected chi connectivity index (χ3v) is 4.53. The van der Waals surface area contributed by atoms with Crippen LogP contribution in [0, 0.1) is 0 Å². The number of furan rings is 1. The predicted molar refractivity (Wildman–Crippen MR) is 101 cm³/mol. The number of carbonyl (C=O) groups is 2. The van der Waals surface area contributed by atoms with Crippen LogP contribution in [-0.4, -0.2) is 30.2 Å². The molecule has 3 rings (SSSR count). The van der Waals surface area contributed by atoms with Crippen molar-refractivity contribution < 1.29 is 18.7 Å². The minimum absolute atomic E-state index is 0.0547. The van der Waals surface area contributed by atoms with Crippen LogP contribution in [0.4, 0.5) is 5.69 Å². The third kappa shape index (κ3) is 4.92. The van der Waals surface area contributed by atoms with Gasteiger partial charge in [-0.05, 0) is 43.3 Å². The summed E-state index contributed by atoms with van der Waals surface area (Å²) in [5.74, 6) is 1.53. The molecule has 0 fully saturated rings. The van der Waals surface area contributed by atoms with E-state index in [9.17, 15) is 9.59 Å². The van der Waals surface area contributed by atoms with Crippen LogP contribution in [0.15, 0.2) is 58.2 Å². The number of thioether (sulfide) groups is 1. The molecule has 0 saturated carbocycles. The Labute approximate surface area is 156 Å². The molecule has 2 amide bonds. The molecular weight excluding hydrogens is 352 g/mol. The highest BCUT2D eigenvalue weighted by Crippen LogP contribution is 2.17. The van der Waals surface area contributed by atoms with Gasteiger partial charge in [-0.15, -0.1) is 11.8 Å². The van der Waals surface area contributed by atoms with E-state index in [4.69, 9.17) is 9.15 Å². The summed E-state index contributed by atoms with van der Waals surface area (Å²) in [7, 11) is 0. The van der Waals surface area contributed by atoms with Gasteiger partial charge < -0.3 is 19.8 Å². The molecule has 2 aromatic rings. The van der Waals surface area contributed by atoms with E-state index in [2.05, 4.69) is 10.6 Å². The monoisotopic (exact) mass is 372 g/mol. The van der Waals surface area contributed by atoms with Gasteiger partial charge >= 0.3 is 0 Å². The summed E-state index contributed by atoms with van der Waals surface area (Å²) in [6, 6.07) is 10.4. The molecule has 1 aliphatic rings. The van der Waals surface area contributed by atoms with Crippen molar-refractivity contribution in [3.05, 3.63) is 65.2 Å². The van der Waals surface area contributed by atoms with Gasteiger partial charge in [-0.2, -0.15) is 0 Å². The van der Waals surface area contributed by atoms with Crippen LogP contribution in [0.1, 0.15) is 23.0 Å². The number of amides is 2. The van der Waals surface area contributed by atoms with Crippen LogP contribution in [0.25, 0.3) is 0 Å². The van der Waals surface area contributed by atoms with Crippen molar-refractivity contribution in [2.45, 2.75) is 19.4 Å². The van der Waals surface area contributed by atoms with Gasteiger partial charge in [0.1, 0.15) is 5.76 Å². The number of hydrogen-bond donors (Lipinski definition) is 2. The number of carbonyl (C=O) groups excluding carboxylic acids is 2. The van der Waals surface area contributed by atoms with Crippen molar-refractivity contribution in [1.29, 1.82) is 0 Å². The normalized spacial score (nSPS) is 14.7. The Balaban J connectivity index is 1.54. The summed E-state index contributed by atoms with van der Waals surface area (Å²) in [6.45, 7) is 2.45. The lowest BCUT2D eigenvalue weighted by Gasteiger charge is -2.15. The van der Waals surface area contributed by atoms with Gasteiger partial charge in [0, 0.05) is 34.9 Å². The third-order valence-electron chi connectivity index (χ3n) is 3.74. The van der Waals surface area contributed by atoms with Gasteiger partial charge in [0.15, 0.2) is 5.76 Å². The maximum absolute atomic E-state index is 12.3. The van der Waals surface area contributed by atoms with Crippen molar-refractivity contribution >= 4 is 29.3 Å². The minimum atomic E-state index is -0.290. The molecule has 0 saturated heterocycles. The lowest BCUT2D eigenvalue weighted by Crippen LogP contribution is -2.33. The molecule has 0 aliphatic carbocycles. The highest BCUT2D eigenvalue weighted by Gasteiger charge is 2.15. The second-order valence-corrected chi connectivity index (χ2v) is 6.87. The first-order valence-corrected chi connectivity index (χ1v) is 9.36. The summed E-state index contributed by atoms with van der Waals surface area (Å²) < 4.78 is 10.6. The molecule has 6 nitrogen and oxygen atoms in total. The summed E-state index contributed by atoms with van der Waals surface area (Å²) in [4.78, 5) is 24.4. The summed E-state index contributed by atoms with van der Waals surface area (Å²) in [5, 5.41) is 7.40. The average molecular weight is 372 g/mol. The Bertz CT molecular complexity index is 784. The zero-order valence-corrected chi connectivity index (χ0v) is 15.2. The van der Waals surface area contributed by atoms with Crippen LogP contribution in [-0.2, 0) is 16.0 Å². The second-order valence-electron chi connectivity index (χ2n) is 5.89. The Kier molecular flexibility index (Phi) is 6.01. The lowest BCUT2D eigenvalue weighted by atomic mass is 10.1. The van der Waals surface area contributed by atoms with Crippen LogP contribution in [0.3, 0.4) is 0 Å². The molecule has 1 atom stereocenters. The zero-order chi connectivity index (χ0) is 18.4. The van der Waals surface area contributed by atoms with Gasteiger partial charge in [-0.1, -0.05) is 0 Å². The Morgan fingerprint density at radius 3 is 2.65 bits per heavy atom. The van der Waals surface area contributed by atoms with Crippen LogP contribution < -0.4 is 10.6 Å². The smallest absolute Gasteiger partial charge is 0.291 e. The SMILES string of the molecule is CC(Cc1ccco1)NC(=O)c1ccc(NC(=O)C2=CSCCO2)cc1. The highest BCUT2D eigenvalue weighted by molar-refractivity contribution is 8.02. The molecule has 26 heavy (non-hydrogen) atoms. The maximum Gasteiger partial charge on any atom is 0.291 e. The van der Waals surface area contributed by atoms with Gasteiger partial charge in [-0.25, -0.2) is 0 Å². The maximum atomic E-state index is 12.3. The molecule has 1 unspecified atom stereocenters.